The zero-order chi connectivity index (χ0) is 14.5. The lowest BCUT2D eigenvalue weighted by molar-refractivity contribution is -0.139. The Hall–Kier alpha value is -2.08. The Morgan fingerprint density at radius 3 is 2.95 bits per heavy atom. The Morgan fingerprint density at radius 2 is 2.30 bits per heavy atom. The van der Waals surface area contributed by atoms with E-state index in [1.165, 1.54) is 0 Å². The molecule has 1 fully saturated rings. The number of rotatable bonds is 5. The van der Waals surface area contributed by atoms with Gasteiger partial charge < -0.3 is 19.5 Å². The van der Waals surface area contributed by atoms with Crippen molar-refractivity contribution < 1.29 is 24.2 Å². The van der Waals surface area contributed by atoms with Crippen molar-refractivity contribution in [1.29, 1.82) is 0 Å². The number of nitrogens with zero attached hydrogens (tertiary/aromatic N) is 1. The van der Waals surface area contributed by atoms with Crippen LogP contribution in [-0.2, 0) is 9.53 Å². The monoisotopic (exact) mass is 279 g/mol. The summed E-state index contributed by atoms with van der Waals surface area (Å²) < 4.78 is 10.3. The Balaban J connectivity index is 2.05. The average molecular weight is 279 g/mol. The fourth-order valence-electron chi connectivity index (χ4n) is 2.06. The largest absolute Gasteiger partial charge is 0.482 e. The van der Waals surface area contributed by atoms with Gasteiger partial charge in [0.05, 0.1) is 12.6 Å². The molecule has 1 heterocycles. The first-order valence-electron chi connectivity index (χ1n) is 6.37. The van der Waals surface area contributed by atoms with Crippen LogP contribution in [0.5, 0.6) is 5.75 Å². The van der Waals surface area contributed by atoms with Crippen LogP contribution in [0.15, 0.2) is 24.3 Å². The highest BCUT2D eigenvalue weighted by atomic mass is 16.5. The normalized spacial score (nSPS) is 17.8. The first-order valence-corrected chi connectivity index (χ1v) is 6.37. The molecule has 6 heteroatoms. The molecule has 0 spiro atoms. The predicted molar refractivity (Wildman–Crippen MR) is 70.9 cm³/mol. The number of carboxylic acid groups (broad SMARTS) is 1. The Labute approximate surface area is 116 Å². The van der Waals surface area contributed by atoms with Crippen molar-refractivity contribution in [3.63, 3.8) is 0 Å². The molecule has 0 aliphatic carbocycles. The SMILES string of the molecule is CN(C(=O)c1cccc(OCC(=O)O)c1)C1CCOC1. The van der Waals surface area contributed by atoms with E-state index in [1.54, 1.807) is 36.2 Å². The second-order valence-electron chi connectivity index (χ2n) is 4.64. The molecule has 108 valence electrons. The minimum absolute atomic E-state index is 0.0890. The number of carbonyl (C=O) groups excluding carboxylic acids is 1. The third-order valence-electron chi connectivity index (χ3n) is 3.22. The lowest BCUT2D eigenvalue weighted by atomic mass is 10.1. The third kappa shape index (κ3) is 3.48. The fraction of sp³-hybridized carbons (Fsp3) is 0.429. The van der Waals surface area contributed by atoms with Gasteiger partial charge in [-0.05, 0) is 24.6 Å². The number of amides is 1. The summed E-state index contributed by atoms with van der Waals surface area (Å²) in [4.78, 5) is 24.4. The molecule has 1 saturated heterocycles. The van der Waals surface area contributed by atoms with Crippen LogP contribution < -0.4 is 4.74 Å². The minimum Gasteiger partial charge on any atom is -0.482 e. The molecule has 1 unspecified atom stereocenters. The number of benzene rings is 1. The maximum absolute atomic E-state index is 12.3. The molecule has 0 aromatic heterocycles. The van der Waals surface area contributed by atoms with Crippen LogP contribution in [0.3, 0.4) is 0 Å². The van der Waals surface area contributed by atoms with Gasteiger partial charge in [0, 0.05) is 19.2 Å². The number of carboxylic acids is 1. The van der Waals surface area contributed by atoms with E-state index in [0.29, 0.717) is 24.5 Å². The molecule has 2 rings (SSSR count). The molecule has 1 aromatic carbocycles. The molecule has 1 aliphatic rings. The van der Waals surface area contributed by atoms with Gasteiger partial charge in [0.25, 0.3) is 5.91 Å². The quantitative estimate of drug-likeness (QED) is 0.870. The number of likely N-dealkylation sites (N-methyl/N-ethyl adjacent to an activating group) is 1. The van der Waals surface area contributed by atoms with Gasteiger partial charge in [-0.3, -0.25) is 4.79 Å². The first kappa shape index (κ1) is 14.3. The average Bonchev–Trinajstić information content (AvgIpc) is 2.98. The number of hydrogen-bond acceptors (Lipinski definition) is 4. The molecule has 6 nitrogen and oxygen atoms in total. The van der Waals surface area contributed by atoms with E-state index in [1.807, 2.05) is 0 Å². The van der Waals surface area contributed by atoms with Gasteiger partial charge in [0.2, 0.25) is 0 Å². The van der Waals surface area contributed by atoms with E-state index < -0.39 is 12.6 Å². The van der Waals surface area contributed by atoms with E-state index in [9.17, 15) is 9.59 Å². The summed E-state index contributed by atoms with van der Waals surface area (Å²) in [6, 6.07) is 6.62. The number of hydrogen-bond donors (Lipinski definition) is 1. The van der Waals surface area contributed by atoms with Crippen LogP contribution in [0.4, 0.5) is 0 Å². The van der Waals surface area contributed by atoms with Gasteiger partial charge in [-0.15, -0.1) is 0 Å². The van der Waals surface area contributed by atoms with Crippen LogP contribution in [0.2, 0.25) is 0 Å². The fourth-order valence-corrected chi connectivity index (χ4v) is 2.06. The van der Waals surface area contributed by atoms with E-state index in [-0.39, 0.29) is 11.9 Å². The molecule has 0 saturated carbocycles. The van der Waals surface area contributed by atoms with Crippen molar-refractivity contribution in [3.8, 4) is 5.75 Å². The van der Waals surface area contributed by atoms with Crippen molar-refractivity contribution >= 4 is 11.9 Å². The van der Waals surface area contributed by atoms with Gasteiger partial charge in [0.1, 0.15) is 5.75 Å². The summed E-state index contributed by atoms with van der Waals surface area (Å²) in [6.45, 7) is 0.797. The Kier molecular flexibility index (Phi) is 4.57. The van der Waals surface area contributed by atoms with Crippen LogP contribution in [0, 0.1) is 0 Å². The minimum atomic E-state index is -1.05. The summed E-state index contributed by atoms with van der Waals surface area (Å²) in [7, 11) is 1.74. The lowest BCUT2D eigenvalue weighted by Crippen LogP contribution is -2.37. The maximum atomic E-state index is 12.3. The van der Waals surface area contributed by atoms with E-state index >= 15 is 0 Å². The van der Waals surface area contributed by atoms with Gasteiger partial charge in [-0.25, -0.2) is 4.79 Å². The van der Waals surface area contributed by atoms with Gasteiger partial charge in [-0.2, -0.15) is 0 Å². The highest BCUT2D eigenvalue weighted by molar-refractivity contribution is 5.94. The van der Waals surface area contributed by atoms with Crippen LogP contribution >= 0.6 is 0 Å². The number of ether oxygens (including phenoxy) is 2. The second-order valence-corrected chi connectivity index (χ2v) is 4.64. The molecule has 0 bridgehead atoms. The molecule has 1 N–H and O–H groups in total. The summed E-state index contributed by atoms with van der Waals surface area (Å²) in [5.41, 5.74) is 0.474. The summed E-state index contributed by atoms with van der Waals surface area (Å²) in [5.74, 6) is -0.808. The standard InChI is InChI=1S/C14H17NO5/c1-15(11-5-6-19-8-11)14(18)10-3-2-4-12(7-10)20-9-13(16)17/h2-4,7,11H,5-6,8-9H2,1H3,(H,16,17). The zero-order valence-corrected chi connectivity index (χ0v) is 11.2. The third-order valence-corrected chi connectivity index (χ3v) is 3.22. The van der Waals surface area contributed by atoms with Gasteiger partial charge >= 0.3 is 5.97 Å². The van der Waals surface area contributed by atoms with Crippen molar-refractivity contribution in [2.24, 2.45) is 0 Å². The summed E-state index contributed by atoms with van der Waals surface area (Å²) in [6.07, 6.45) is 0.831. The van der Waals surface area contributed by atoms with Crippen molar-refractivity contribution in [3.05, 3.63) is 29.8 Å². The van der Waals surface area contributed by atoms with Crippen molar-refractivity contribution in [2.45, 2.75) is 12.5 Å². The zero-order valence-electron chi connectivity index (χ0n) is 11.2. The first-order chi connectivity index (χ1) is 9.58. The lowest BCUT2D eigenvalue weighted by Gasteiger charge is -2.23. The van der Waals surface area contributed by atoms with Crippen molar-refractivity contribution in [2.75, 3.05) is 26.9 Å². The van der Waals surface area contributed by atoms with E-state index in [4.69, 9.17) is 14.6 Å². The summed E-state index contributed by atoms with van der Waals surface area (Å²) >= 11 is 0. The van der Waals surface area contributed by atoms with Gasteiger partial charge in [0.15, 0.2) is 6.61 Å². The molecular weight excluding hydrogens is 262 g/mol. The molecular formula is C14H17NO5. The number of aliphatic carboxylic acids is 1. The maximum Gasteiger partial charge on any atom is 0.341 e. The van der Waals surface area contributed by atoms with Crippen molar-refractivity contribution in [1.82, 2.24) is 4.90 Å². The molecule has 20 heavy (non-hydrogen) atoms. The molecule has 0 radical (unpaired) electrons. The Bertz CT molecular complexity index is 496. The van der Waals surface area contributed by atoms with Crippen LogP contribution in [-0.4, -0.2) is 54.8 Å². The highest BCUT2D eigenvalue weighted by Crippen LogP contribution is 2.18. The van der Waals surface area contributed by atoms with Crippen LogP contribution in [0.1, 0.15) is 16.8 Å². The highest BCUT2D eigenvalue weighted by Gasteiger charge is 2.25. The van der Waals surface area contributed by atoms with E-state index in [0.717, 1.165) is 6.42 Å². The Morgan fingerprint density at radius 1 is 1.50 bits per heavy atom. The second kappa shape index (κ2) is 6.38. The molecule has 1 aromatic rings. The number of carbonyl (C=O) groups is 2. The predicted octanol–water partition coefficient (Wildman–Crippen LogP) is 1.01. The van der Waals surface area contributed by atoms with Gasteiger partial charge in [-0.1, -0.05) is 6.07 Å². The molecule has 1 amide bonds. The molecule has 1 aliphatic heterocycles. The molecule has 1 atom stereocenters. The van der Waals surface area contributed by atoms with E-state index in [2.05, 4.69) is 0 Å². The van der Waals surface area contributed by atoms with Crippen LogP contribution in [0.25, 0.3) is 0 Å². The topological polar surface area (TPSA) is 76.1 Å². The summed E-state index contributed by atoms with van der Waals surface area (Å²) in [5, 5.41) is 8.57. The smallest absolute Gasteiger partial charge is 0.341 e.